The zero-order valence-corrected chi connectivity index (χ0v) is 10.6. The van der Waals surface area contributed by atoms with Gasteiger partial charge in [0.2, 0.25) is 11.9 Å². The minimum absolute atomic E-state index is 0.0441. The third-order valence-electron chi connectivity index (χ3n) is 3.09. The van der Waals surface area contributed by atoms with Gasteiger partial charge in [0.25, 0.3) is 0 Å². The molecule has 0 spiro atoms. The fourth-order valence-corrected chi connectivity index (χ4v) is 2.18. The largest absolute Gasteiger partial charge is 0.347 e. The quantitative estimate of drug-likeness (QED) is 0.790. The lowest BCUT2D eigenvalue weighted by molar-refractivity contribution is -0.130. The van der Waals surface area contributed by atoms with E-state index in [2.05, 4.69) is 9.97 Å². The maximum Gasteiger partial charge on any atom is 0.244 e. The van der Waals surface area contributed by atoms with Crippen LogP contribution in [0.15, 0.2) is 12.4 Å². The number of hydrogen-bond acceptors (Lipinski definition) is 4. The Morgan fingerprint density at radius 3 is 2.67 bits per heavy atom. The van der Waals surface area contributed by atoms with Gasteiger partial charge in [0, 0.05) is 20.6 Å². The first-order valence-corrected chi connectivity index (χ1v) is 6.05. The molecule has 98 valence electrons. The lowest BCUT2D eigenvalue weighted by atomic mass is 10.0. The summed E-state index contributed by atoms with van der Waals surface area (Å²) < 4.78 is 12.8. The van der Waals surface area contributed by atoms with Gasteiger partial charge in [-0.3, -0.25) is 4.79 Å². The van der Waals surface area contributed by atoms with E-state index in [1.54, 1.807) is 19.0 Å². The van der Waals surface area contributed by atoms with Gasteiger partial charge in [0.15, 0.2) is 5.82 Å². The first-order chi connectivity index (χ1) is 8.59. The standard InChI is InChI=1S/C12H17FN4O/c1-16(2)11(18)10-5-3-4-6-17(10)12-14-7-9(13)8-15-12/h7-8,10H,3-6H2,1-2H3. The van der Waals surface area contributed by atoms with Crippen molar-refractivity contribution in [3.63, 3.8) is 0 Å². The predicted octanol–water partition coefficient (Wildman–Crippen LogP) is 1.06. The van der Waals surface area contributed by atoms with Crippen LogP contribution in [0.4, 0.5) is 10.3 Å². The molecular weight excluding hydrogens is 235 g/mol. The van der Waals surface area contributed by atoms with Gasteiger partial charge in [0.05, 0.1) is 12.4 Å². The number of anilines is 1. The molecule has 1 aliphatic rings. The third kappa shape index (κ3) is 2.57. The molecule has 18 heavy (non-hydrogen) atoms. The number of aromatic nitrogens is 2. The molecule has 5 nitrogen and oxygen atoms in total. The van der Waals surface area contributed by atoms with Gasteiger partial charge in [-0.2, -0.15) is 0 Å². The molecular formula is C12H17FN4O. The predicted molar refractivity (Wildman–Crippen MR) is 65.7 cm³/mol. The Morgan fingerprint density at radius 1 is 1.39 bits per heavy atom. The zero-order chi connectivity index (χ0) is 13.1. The lowest BCUT2D eigenvalue weighted by Crippen LogP contribution is -2.49. The van der Waals surface area contributed by atoms with E-state index in [0.29, 0.717) is 5.95 Å². The minimum atomic E-state index is -0.466. The molecule has 1 fully saturated rings. The first kappa shape index (κ1) is 12.7. The molecule has 1 aromatic heterocycles. The Balaban J connectivity index is 2.22. The number of carbonyl (C=O) groups excluding carboxylic acids is 1. The van der Waals surface area contributed by atoms with E-state index in [-0.39, 0.29) is 11.9 Å². The second-order valence-electron chi connectivity index (χ2n) is 4.64. The fourth-order valence-electron chi connectivity index (χ4n) is 2.18. The molecule has 1 saturated heterocycles. The van der Waals surface area contributed by atoms with Crippen molar-refractivity contribution < 1.29 is 9.18 Å². The van der Waals surface area contributed by atoms with Crippen LogP contribution < -0.4 is 4.90 Å². The van der Waals surface area contributed by atoms with Gasteiger partial charge >= 0.3 is 0 Å². The van der Waals surface area contributed by atoms with Crippen molar-refractivity contribution in [3.8, 4) is 0 Å². The van der Waals surface area contributed by atoms with Gasteiger partial charge in [-0.1, -0.05) is 0 Å². The van der Waals surface area contributed by atoms with Gasteiger partial charge in [-0.05, 0) is 19.3 Å². The SMILES string of the molecule is CN(C)C(=O)C1CCCCN1c1ncc(F)cn1. The molecule has 1 aromatic rings. The maximum atomic E-state index is 12.8. The van der Waals surface area contributed by atoms with Crippen molar-refractivity contribution in [2.24, 2.45) is 0 Å². The first-order valence-electron chi connectivity index (χ1n) is 6.05. The highest BCUT2D eigenvalue weighted by molar-refractivity contribution is 5.84. The maximum absolute atomic E-state index is 12.8. The third-order valence-corrected chi connectivity index (χ3v) is 3.09. The summed E-state index contributed by atoms with van der Waals surface area (Å²) in [6.45, 7) is 0.732. The molecule has 1 atom stereocenters. The average Bonchev–Trinajstić information content (AvgIpc) is 2.39. The van der Waals surface area contributed by atoms with Crippen molar-refractivity contribution in [2.45, 2.75) is 25.3 Å². The Kier molecular flexibility index (Phi) is 3.74. The molecule has 0 bridgehead atoms. The minimum Gasteiger partial charge on any atom is -0.347 e. The van der Waals surface area contributed by atoms with Crippen LogP contribution in [0.3, 0.4) is 0 Å². The molecule has 2 rings (SSSR count). The van der Waals surface area contributed by atoms with E-state index in [9.17, 15) is 9.18 Å². The molecule has 1 aliphatic heterocycles. The summed E-state index contributed by atoms with van der Waals surface area (Å²) in [5.41, 5.74) is 0. The number of likely N-dealkylation sites (N-methyl/N-ethyl adjacent to an activating group) is 1. The molecule has 0 aromatic carbocycles. The highest BCUT2D eigenvalue weighted by Crippen LogP contribution is 2.22. The van der Waals surface area contributed by atoms with Crippen molar-refractivity contribution in [1.82, 2.24) is 14.9 Å². The van der Waals surface area contributed by atoms with Crippen LogP contribution in [-0.4, -0.2) is 47.5 Å². The fraction of sp³-hybridized carbons (Fsp3) is 0.583. The summed E-state index contributed by atoms with van der Waals surface area (Å²) in [6.07, 6.45) is 5.07. The van der Waals surface area contributed by atoms with Crippen LogP contribution in [0.25, 0.3) is 0 Å². The number of rotatable bonds is 2. The van der Waals surface area contributed by atoms with Crippen molar-refractivity contribution in [2.75, 3.05) is 25.5 Å². The van der Waals surface area contributed by atoms with E-state index < -0.39 is 5.82 Å². The highest BCUT2D eigenvalue weighted by atomic mass is 19.1. The summed E-state index contributed by atoms with van der Waals surface area (Å²) in [5, 5.41) is 0. The van der Waals surface area contributed by atoms with E-state index in [0.717, 1.165) is 38.2 Å². The molecule has 0 radical (unpaired) electrons. The summed E-state index contributed by atoms with van der Waals surface area (Å²) >= 11 is 0. The number of amides is 1. The smallest absolute Gasteiger partial charge is 0.244 e. The molecule has 0 aliphatic carbocycles. The average molecular weight is 252 g/mol. The Labute approximate surface area is 106 Å². The second-order valence-corrected chi connectivity index (χ2v) is 4.64. The molecule has 0 saturated carbocycles. The number of piperidine rings is 1. The van der Waals surface area contributed by atoms with Gasteiger partial charge in [0.1, 0.15) is 6.04 Å². The zero-order valence-electron chi connectivity index (χ0n) is 10.6. The number of carbonyl (C=O) groups is 1. The summed E-state index contributed by atoms with van der Waals surface area (Å²) in [7, 11) is 3.47. The van der Waals surface area contributed by atoms with Crippen LogP contribution in [-0.2, 0) is 4.79 Å². The number of hydrogen-bond donors (Lipinski definition) is 0. The number of nitrogens with zero attached hydrogens (tertiary/aromatic N) is 4. The molecule has 0 N–H and O–H groups in total. The van der Waals surface area contributed by atoms with Gasteiger partial charge < -0.3 is 9.80 Å². The van der Waals surface area contributed by atoms with Crippen LogP contribution in [0.5, 0.6) is 0 Å². The second kappa shape index (κ2) is 5.29. The molecule has 1 amide bonds. The summed E-state index contributed by atoms with van der Waals surface area (Å²) in [6, 6.07) is -0.237. The van der Waals surface area contributed by atoms with E-state index in [4.69, 9.17) is 0 Å². The van der Waals surface area contributed by atoms with Crippen LogP contribution >= 0.6 is 0 Å². The lowest BCUT2D eigenvalue weighted by Gasteiger charge is -2.35. The van der Waals surface area contributed by atoms with Crippen LogP contribution in [0.1, 0.15) is 19.3 Å². The van der Waals surface area contributed by atoms with Crippen molar-refractivity contribution in [3.05, 3.63) is 18.2 Å². The van der Waals surface area contributed by atoms with Gasteiger partial charge in [-0.25, -0.2) is 14.4 Å². The van der Waals surface area contributed by atoms with Crippen molar-refractivity contribution >= 4 is 11.9 Å². The Bertz CT molecular complexity index is 421. The van der Waals surface area contributed by atoms with Crippen LogP contribution in [0, 0.1) is 5.82 Å². The van der Waals surface area contributed by atoms with Crippen LogP contribution in [0.2, 0.25) is 0 Å². The van der Waals surface area contributed by atoms with E-state index in [1.807, 2.05) is 4.90 Å². The summed E-state index contributed by atoms with van der Waals surface area (Å²) in [5.74, 6) is 0.00479. The van der Waals surface area contributed by atoms with E-state index in [1.165, 1.54) is 0 Å². The molecule has 1 unspecified atom stereocenters. The van der Waals surface area contributed by atoms with Gasteiger partial charge in [-0.15, -0.1) is 0 Å². The number of halogens is 1. The molecule has 2 heterocycles. The van der Waals surface area contributed by atoms with E-state index >= 15 is 0 Å². The highest BCUT2D eigenvalue weighted by Gasteiger charge is 2.31. The summed E-state index contributed by atoms with van der Waals surface area (Å²) in [4.78, 5) is 23.5. The molecule has 6 heteroatoms. The topological polar surface area (TPSA) is 49.3 Å². The normalized spacial score (nSPS) is 19.7. The van der Waals surface area contributed by atoms with Crippen molar-refractivity contribution in [1.29, 1.82) is 0 Å². The monoisotopic (exact) mass is 252 g/mol. The Hall–Kier alpha value is -1.72. The Morgan fingerprint density at radius 2 is 2.06 bits per heavy atom.